The van der Waals surface area contributed by atoms with Gasteiger partial charge in [0.15, 0.2) is 0 Å². The zero-order valence-corrected chi connectivity index (χ0v) is 14.4. The van der Waals surface area contributed by atoms with E-state index in [0.717, 1.165) is 30.3 Å². The zero-order chi connectivity index (χ0) is 17.4. The maximum Gasteiger partial charge on any atom is 0.433 e. The van der Waals surface area contributed by atoms with Crippen molar-refractivity contribution in [2.24, 2.45) is 0 Å². The molecule has 10 heteroatoms. The number of sulfonamides is 1. The van der Waals surface area contributed by atoms with Crippen molar-refractivity contribution in [3.05, 3.63) is 58.9 Å². The van der Waals surface area contributed by atoms with E-state index in [4.69, 9.17) is 0 Å². The Bertz CT molecular complexity index is 855. The van der Waals surface area contributed by atoms with Crippen molar-refractivity contribution in [1.82, 2.24) is 15.0 Å². The van der Waals surface area contributed by atoms with E-state index in [1.54, 1.807) is 0 Å². The van der Waals surface area contributed by atoms with Crippen molar-refractivity contribution in [3.8, 4) is 0 Å². The Morgan fingerprint density at radius 2 is 1.84 bits per heavy atom. The highest BCUT2D eigenvalue weighted by Crippen LogP contribution is 2.27. The number of pyridine rings is 1. The van der Waals surface area contributed by atoms with Gasteiger partial charge in [0.25, 0.3) is 0 Å². The van der Waals surface area contributed by atoms with Crippen LogP contribution in [0.2, 0.25) is 0 Å². The average Bonchev–Trinajstić information content (AvgIpc) is 3.00. The first-order valence-electron chi connectivity index (χ1n) is 7.10. The lowest BCUT2D eigenvalue weighted by Gasteiger charge is -2.09. The number of benzene rings is 1. The lowest BCUT2D eigenvalue weighted by molar-refractivity contribution is -0.141. The molecular formula is C15H15ClF3N3O2S. The van der Waals surface area contributed by atoms with Gasteiger partial charge in [0.1, 0.15) is 10.6 Å². The van der Waals surface area contributed by atoms with Gasteiger partial charge in [-0.25, -0.2) is 13.1 Å². The van der Waals surface area contributed by atoms with E-state index in [1.165, 1.54) is 5.56 Å². The van der Waals surface area contributed by atoms with Gasteiger partial charge in [0.2, 0.25) is 10.0 Å². The van der Waals surface area contributed by atoms with Gasteiger partial charge in [0, 0.05) is 25.8 Å². The third-order valence-electron chi connectivity index (χ3n) is 3.70. The van der Waals surface area contributed by atoms with Crippen LogP contribution in [0.5, 0.6) is 0 Å². The first kappa shape index (κ1) is 19.6. The Labute approximate surface area is 149 Å². The molecule has 1 aromatic carbocycles. The molecule has 2 aromatic rings. The van der Waals surface area contributed by atoms with E-state index >= 15 is 0 Å². The summed E-state index contributed by atoms with van der Waals surface area (Å²) in [6.07, 6.45) is -3.90. The number of nitrogens with one attached hydrogen (secondary N) is 2. The number of hydrogen-bond donors (Lipinski definition) is 2. The van der Waals surface area contributed by atoms with Crippen LogP contribution in [0.4, 0.5) is 13.2 Å². The third-order valence-corrected chi connectivity index (χ3v) is 5.09. The van der Waals surface area contributed by atoms with E-state index in [2.05, 4.69) is 15.0 Å². The van der Waals surface area contributed by atoms with E-state index in [-0.39, 0.29) is 23.8 Å². The van der Waals surface area contributed by atoms with Gasteiger partial charge in [-0.05, 0) is 28.8 Å². The fraction of sp³-hybridized carbons (Fsp3) is 0.267. The number of hydrogen-bond acceptors (Lipinski definition) is 4. The molecule has 0 unspecified atom stereocenters. The number of halogens is 4. The number of alkyl halides is 3. The second kappa shape index (κ2) is 7.28. The lowest BCUT2D eigenvalue weighted by Crippen LogP contribution is -2.23. The molecular weight excluding hydrogens is 379 g/mol. The molecule has 1 aliphatic rings. The highest BCUT2D eigenvalue weighted by molar-refractivity contribution is 7.89. The van der Waals surface area contributed by atoms with Gasteiger partial charge in [-0.1, -0.05) is 18.2 Å². The quantitative estimate of drug-likeness (QED) is 0.837. The van der Waals surface area contributed by atoms with Crippen molar-refractivity contribution < 1.29 is 21.6 Å². The number of nitrogens with zero attached hydrogens (tertiary/aromatic N) is 1. The summed E-state index contributed by atoms with van der Waals surface area (Å²) < 4.78 is 64.1. The Morgan fingerprint density at radius 3 is 2.48 bits per heavy atom. The van der Waals surface area contributed by atoms with Crippen LogP contribution in [0.3, 0.4) is 0 Å². The summed E-state index contributed by atoms with van der Waals surface area (Å²) in [6, 6.07) is 7.20. The van der Waals surface area contributed by atoms with E-state index in [0.29, 0.717) is 12.3 Å². The summed E-state index contributed by atoms with van der Waals surface area (Å²) >= 11 is 0. The van der Waals surface area contributed by atoms with Crippen molar-refractivity contribution in [3.63, 3.8) is 0 Å². The minimum atomic E-state index is -4.60. The maximum atomic E-state index is 12.5. The summed E-state index contributed by atoms with van der Waals surface area (Å²) in [7, 11) is -3.93. The molecule has 0 atom stereocenters. The lowest BCUT2D eigenvalue weighted by atomic mass is 10.1. The summed E-state index contributed by atoms with van der Waals surface area (Å²) in [5, 5.41) is 3.19. The second-order valence-electron chi connectivity index (χ2n) is 5.41. The predicted molar refractivity (Wildman–Crippen MR) is 87.5 cm³/mol. The van der Waals surface area contributed by atoms with Crippen LogP contribution < -0.4 is 10.0 Å². The van der Waals surface area contributed by atoms with Crippen LogP contribution in [-0.2, 0) is 35.8 Å². The van der Waals surface area contributed by atoms with Gasteiger partial charge in [-0.15, -0.1) is 12.4 Å². The molecule has 1 aromatic heterocycles. The molecule has 0 radical (unpaired) electrons. The molecule has 136 valence electrons. The molecule has 0 saturated heterocycles. The molecule has 1 aliphatic heterocycles. The summed E-state index contributed by atoms with van der Waals surface area (Å²) in [6.45, 7) is 1.58. The number of fused-ring (bicyclic) bond motifs is 1. The minimum Gasteiger partial charge on any atom is -0.309 e. The van der Waals surface area contributed by atoms with Crippen LogP contribution in [0.1, 0.15) is 22.4 Å². The van der Waals surface area contributed by atoms with Crippen molar-refractivity contribution in [2.75, 3.05) is 0 Å². The normalized spacial score (nSPS) is 14.0. The summed E-state index contributed by atoms with van der Waals surface area (Å²) in [5.41, 5.74) is 1.94. The number of rotatable bonds is 4. The van der Waals surface area contributed by atoms with E-state index in [1.807, 2.05) is 18.2 Å². The predicted octanol–water partition coefficient (Wildman–Crippen LogP) is 2.60. The van der Waals surface area contributed by atoms with Crippen molar-refractivity contribution >= 4 is 22.4 Å². The molecule has 0 amide bonds. The van der Waals surface area contributed by atoms with Crippen LogP contribution in [0.25, 0.3) is 0 Å². The van der Waals surface area contributed by atoms with Gasteiger partial charge >= 0.3 is 6.18 Å². The molecule has 0 saturated carbocycles. The van der Waals surface area contributed by atoms with Gasteiger partial charge < -0.3 is 5.32 Å². The molecule has 2 N–H and O–H groups in total. The molecule has 0 fully saturated rings. The molecule has 3 rings (SSSR count). The molecule has 0 spiro atoms. The van der Waals surface area contributed by atoms with Crippen molar-refractivity contribution in [2.45, 2.75) is 30.7 Å². The third kappa shape index (κ3) is 4.49. The van der Waals surface area contributed by atoms with Crippen molar-refractivity contribution in [1.29, 1.82) is 0 Å². The minimum absolute atomic E-state index is 0. The van der Waals surface area contributed by atoms with E-state index in [9.17, 15) is 21.6 Å². The average molecular weight is 394 g/mol. The smallest absolute Gasteiger partial charge is 0.309 e. The Hall–Kier alpha value is -1.68. The first-order valence-corrected chi connectivity index (χ1v) is 8.58. The van der Waals surface area contributed by atoms with Crippen LogP contribution in [0.15, 0.2) is 41.4 Å². The molecule has 2 heterocycles. The zero-order valence-electron chi connectivity index (χ0n) is 12.8. The topological polar surface area (TPSA) is 71.1 Å². The fourth-order valence-electron chi connectivity index (χ4n) is 2.43. The van der Waals surface area contributed by atoms with Gasteiger partial charge in [-0.3, -0.25) is 4.98 Å². The Morgan fingerprint density at radius 1 is 1.12 bits per heavy atom. The summed E-state index contributed by atoms with van der Waals surface area (Å²) in [4.78, 5) is 2.86. The molecule has 0 aliphatic carbocycles. The van der Waals surface area contributed by atoms with Crippen LogP contribution in [0, 0.1) is 0 Å². The van der Waals surface area contributed by atoms with Gasteiger partial charge in [-0.2, -0.15) is 13.2 Å². The SMILES string of the molecule is Cl.O=S(=O)(NCc1ccc2c(c1)CNC2)c1ccc(C(F)(F)F)nc1. The van der Waals surface area contributed by atoms with Crippen LogP contribution >= 0.6 is 12.4 Å². The second-order valence-corrected chi connectivity index (χ2v) is 7.18. The fourth-order valence-corrected chi connectivity index (χ4v) is 3.39. The monoisotopic (exact) mass is 393 g/mol. The number of aromatic nitrogens is 1. The first-order chi connectivity index (χ1) is 11.3. The highest BCUT2D eigenvalue weighted by Gasteiger charge is 2.32. The summed E-state index contributed by atoms with van der Waals surface area (Å²) in [5.74, 6) is 0. The molecule has 0 bridgehead atoms. The standard InChI is InChI=1S/C15H14F3N3O2S.ClH/c16-15(17,18)14-4-3-13(9-20-14)24(22,23)21-6-10-1-2-11-7-19-8-12(11)5-10;/h1-5,9,19,21H,6-8H2;1H. The van der Waals surface area contributed by atoms with Crippen LogP contribution in [-0.4, -0.2) is 13.4 Å². The van der Waals surface area contributed by atoms with E-state index < -0.39 is 21.9 Å². The Kier molecular flexibility index (Phi) is 5.72. The molecule has 5 nitrogen and oxygen atoms in total. The molecule has 25 heavy (non-hydrogen) atoms. The maximum absolute atomic E-state index is 12.5. The van der Waals surface area contributed by atoms with Gasteiger partial charge in [0.05, 0.1) is 0 Å². The Balaban J connectivity index is 0.00000225. The highest BCUT2D eigenvalue weighted by atomic mass is 35.5. The largest absolute Gasteiger partial charge is 0.433 e.